The number of anilines is 1. The van der Waals surface area contributed by atoms with Crippen LogP contribution in [0.5, 0.6) is 5.75 Å². The predicted molar refractivity (Wildman–Crippen MR) is 113 cm³/mol. The van der Waals surface area contributed by atoms with E-state index in [1.807, 2.05) is 0 Å². The molecule has 3 aromatic rings. The molecule has 14 heteroatoms. The van der Waals surface area contributed by atoms with Crippen LogP contribution in [0.15, 0.2) is 48.7 Å². The van der Waals surface area contributed by atoms with E-state index in [1.165, 1.54) is 35.1 Å². The molecule has 1 amide bonds. The fraction of sp³-hybridized carbons (Fsp3) is 0.150. The van der Waals surface area contributed by atoms with Gasteiger partial charge in [0.2, 0.25) is 11.5 Å². The molecule has 0 unspecified atom stereocenters. The molecule has 0 aliphatic rings. The third kappa shape index (κ3) is 5.48. The fourth-order valence-corrected chi connectivity index (χ4v) is 2.73. The molecule has 34 heavy (non-hydrogen) atoms. The highest BCUT2D eigenvalue weighted by Crippen LogP contribution is 2.24. The number of aromatic nitrogens is 2. The molecular formula is C20H16FN5O8. The molecule has 0 bridgehead atoms. The topological polar surface area (TPSA) is 169 Å². The van der Waals surface area contributed by atoms with Crippen LogP contribution in [0, 0.1) is 26.0 Å². The Morgan fingerprint density at radius 3 is 2.44 bits per heavy atom. The Hall–Kier alpha value is -4.88. The van der Waals surface area contributed by atoms with E-state index >= 15 is 0 Å². The van der Waals surface area contributed by atoms with E-state index in [4.69, 9.17) is 9.47 Å². The molecule has 0 atom stereocenters. The zero-order valence-electron chi connectivity index (χ0n) is 17.5. The summed E-state index contributed by atoms with van der Waals surface area (Å²) < 4.78 is 25.0. The maximum Gasteiger partial charge on any atom is 0.362 e. The number of non-ortho nitro benzene ring substituents is 1. The first-order valence-electron chi connectivity index (χ1n) is 9.57. The summed E-state index contributed by atoms with van der Waals surface area (Å²) in [6.07, 6.45) is 1.28. The maximum atomic E-state index is 13.4. The predicted octanol–water partition coefficient (Wildman–Crippen LogP) is 3.02. The van der Waals surface area contributed by atoms with Crippen LogP contribution in [0.25, 0.3) is 5.69 Å². The molecule has 3 rings (SSSR count). The average molecular weight is 473 g/mol. The van der Waals surface area contributed by atoms with Crippen LogP contribution in [0.3, 0.4) is 0 Å². The number of ether oxygens (including phenoxy) is 2. The summed E-state index contributed by atoms with van der Waals surface area (Å²) in [5.74, 6) is -2.75. The van der Waals surface area contributed by atoms with Crippen LogP contribution in [-0.2, 0) is 9.53 Å². The van der Waals surface area contributed by atoms with Crippen molar-refractivity contribution in [1.82, 2.24) is 9.78 Å². The summed E-state index contributed by atoms with van der Waals surface area (Å²) >= 11 is 0. The summed E-state index contributed by atoms with van der Waals surface area (Å²) in [5, 5.41) is 28.1. The van der Waals surface area contributed by atoms with Gasteiger partial charge >= 0.3 is 11.7 Å². The lowest BCUT2D eigenvalue weighted by atomic mass is 10.2. The number of rotatable bonds is 9. The fourth-order valence-electron chi connectivity index (χ4n) is 2.73. The Labute approximate surface area is 190 Å². The molecule has 176 valence electrons. The molecule has 1 N–H and O–H groups in total. The molecule has 0 saturated heterocycles. The van der Waals surface area contributed by atoms with Crippen LogP contribution < -0.4 is 10.1 Å². The lowest BCUT2D eigenvalue weighted by Gasteiger charge is -2.07. The third-order valence-electron chi connectivity index (χ3n) is 4.26. The lowest BCUT2D eigenvalue weighted by Crippen LogP contribution is -2.21. The van der Waals surface area contributed by atoms with Gasteiger partial charge < -0.3 is 14.8 Å². The van der Waals surface area contributed by atoms with Crippen LogP contribution >= 0.6 is 0 Å². The highest BCUT2D eigenvalue weighted by Gasteiger charge is 2.22. The Balaban J connectivity index is 1.78. The van der Waals surface area contributed by atoms with Crippen molar-refractivity contribution in [3.05, 3.63) is 80.4 Å². The quantitative estimate of drug-likeness (QED) is 0.279. The standard InChI is InChI=1S/C20H16FN5O8/c1-2-33-20(28)19-17(10-24(23-19)13-4-6-14(7-5-13)25(29)30)34-11-18(27)22-12-3-8-15(21)16(9-12)26(31)32/h3-10H,2,11H2,1H3,(H,22,27). The number of esters is 1. The Kier molecular flexibility index (Phi) is 7.10. The molecule has 0 saturated carbocycles. The van der Waals surface area contributed by atoms with Crippen molar-refractivity contribution in [3.8, 4) is 11.4 Å². The van der Waals surface area contributed by atoms with Gasteiger partial charge in [-0.15, -0.1) is 0 Å². The average Bonchev–Trinajstić information content (AvgIpc) is 3.23. The summed E-state index contributed by atoms with van der Waals surface area (Å²) in [6, 6.07) is 8.12. The van der Waals surface area contributed by atoms with Gasteiger partial charge in [-0.05, 0) is 31.2 Å². The van der Waals surface area contributed by atoms with E-state index in [-0.39, 0.29) is 29.4 Å². The number of nitrogens with zero attached hydrogens (tertiary/aromatic N) is 4. The van der Waals surface area contributed by atoms with Crippen molar-refractivity contribution in [2.45, 2.75) is 6.92 Å². The first kappa shape index (κ1) is 23.8. The van der Waals surface area contributed by atoms with Gasteiger partial charge in [-0.3, -0.25) is 25.0 Å². The number of nitrogens with one attached hydrogen (secondary N) is 1. The molecule has 0 radical (unpaired) electrons. The number of nitro benzene ring substituents is 2. The van der Waals surface area contributed by atoms with E-state index < -0.39 is 39.8 Å². The molecule has 0 spiro atoms. The van der Waals surface area contributed by atoms with Crippen molar-refractivity contribution in [1.29, 1.82) is 0 Å². The smallest absolute Gasteiger partial charge is 0.362 e. The van der Waals surface area contributed by atoms with E-state index in [9.17, 15) is 34.2 Å². The van der Waals surface area contributed by atoms with Crippen LogP contribution in [-0.4, -0.2) is 44.7 Å². The second kappa shape index (κ2) is 10.2. The number of carbonyl (C=O) groups excluding carboxylic acids is 2. The molecule has 1 aromatic heterocycles. The molecule has 13 nitrogen and oxygen atoms in total. The Morgan fingerprint density at radius 2 is 1.82 bits per heavy atom. The molecule has 0 fully saturated rings. The summed E-state index contributed by atoms with van der Waals surface area (Å²) in [4.78, 5) is 44.7. The highest BCUT2D eigenvalue weighted by atomic mass is 19.1. The van der Waals surface area contributed by atoms with E-state index in [0.29, 0.717) is 5.69 Å². The van der Waals surface area contributed by atoms with Gasteiger partial charge in [0, 0.05) is 23.9 Å². The van der Waals surface area contributed by atoms with Crippen molar-refractivity contribution in [3.63, 3.8) is 0 Å². The van der Waals surface area contributed by atoms with Crippen molar-refractivity contribution in [2.24, 2.45) is 0 Å². The van der Waals surface area contributed by atoms with Crippen LogP contribution in [0.4, 0.5) is 21.5 Å². The number of nitro groups is 2. The van der Waals surface area contributed by atoms with Crippen molar-refractivity contribution in [2.75, 3.05) is 18.5 Å². The highest BCUT2D eigenvalue weighted by molar-refractivity contribution is 5.93. The van der Waals surface area contributed by atoms with Crippen LogP contribution in [0.2, 0.25) is 0 Å². The number of halogens is 1. The Morgan fingerprint density at radius 1 is 1.12 bits per heavy atom. The molecule has 1 heterocycles. The zero-order valence-corrected chi connectivity index (χ0v) is 17.5. The largest absolute Gasteiger partial charge is 0.480 e. The SMILES string of the molecule is CCOC(=O)c1nn(-c2ccc([N+](=O)[O-])cc2)cc1OCC(=O)Nc1ccc(F)c([N+](=O)[O-])c1. The second-order valence-corrected chi connectivity index (χ2v) is 6.54. The van der Waals surface area contributed by atoms with Gasteiger partial charge in [0.05, 0.1) is 28.3 Å². The van der Waals surface area contributed by atoms with Crippen molar-refractivity contribution < 1.29 is 33.3 Å². The molecule has 0 aliphatic carbocycles. The first-order chi connectivity index (χ1) is 16.2. The monoisotopic (exact) mass is 473 g/mol. The van der Waals surface area contributed by atoms with Gasteiger partial charge in [-0.2, -0.15) is 9.49 Å². The number of amides is 1. The Bertz CT molecular complexity index is 1260. The van der Waals surface area contributed by atoms with Crippen LogP contribution in [0.1, 0.15) is 17.4 Å². The second-order valence-electron chi connectivity index (χ2n) is 6.54. The maximum absolute atomic E-state index is 13.4. The minimum Gasteiger partial charge on any atom is -0.480 e. The van der Waals surface area contributed by atoms with Gasteiger partial charge in [0.1, 0.15) is 0 Å². The van der Waals surface area contributed by atoms with Gasteiger partial charge in [0.15, 0.2) is 12.4 Å². The molecular weight excluding hydrogens is 457 g/mol. The van der Waals surface area contributed by atoms with Gasteiger partial charge in [0.25, 0.3) is 11.6 Å². The lowest BCUT2D eigenvalue weighted by molar-refractivity contribution is -0.387. The number of benzene rings is 2. The summed E-state index contributed by atoms with van der Waals surface area (Å²) in [7, 11) is 0. The number of carbonyl (C=O) groups is 2. The van der Waals surface area contributed by atoms with Gasteiger partial charge in [-0.1, -0.05) is 0 Å². The van der Waals surface area contributed by atoms with E-state index in [0.717, 1.165) is 18.2 Å². The van der Waals surface area contributed by atoms with Crippen molar-refractivity contribution >= 4 is 28.9 Å². The first-order valence-corrected chi connectivity index (χ1v) is 9.57. The van der Waals surface area contributed by atoms with E-state index in [2.05, 4.69) is 10.4 Å². The van der Waals surface area contributed by atoms with Gasteiger partial charge in [-0.25, -0.2) is 9.48 Å². The minimum absolute atomic E-state index is 0.0334. The van der Waals surface area contributed by atoms with E-state index in [1.54, 1.807) is 6.92 Å². The summed E-state index contributed by atoms with van der Waals surface area (Å²) in [6.45, 7) is 1.01. The number of hydrogen-bond donors (Lipinski definition) is 1. The minimum atomic E-state index is -1.06. The zero-order chi connectivity index (χ0) is 24.8. The molecule has 0 aliphatic heterocycles. The number of hydrogen-bond acceptors (Lipinski definition) is 9. The molecule has 2 aromatic carbocycles. The summed E-state index contributed by atoms with van der Waals surface area (Å²) in [5.41, 5.74) is -0.864. The normalized spacial score (nSPS) is 10.4. The third-order valence-corrected chi connectivity index (χ3v) is 4.26.